The Kier molecular flexibility index (Phi) is 7.00. The van der Waals surface area contributed by atoms with Crippen LogP contribution in [0.5, 0.6) is 0 Å². The van der Waals surface area contributed by atoms with Gasteiger partial charge < -0.3 is 15.0 Å². The van der Waals surface area contributed by atoms with Crippen LogP contribution >= 0.6 is 12.4 Å². The Morgan fingerprint density at radius 2 is 2.15 bits per heavy atom. The number of carbonyl (C=O) groups is 1. The molecule has 5 heteroatoms. The van der Waals surface area contributed by atoms with Crippen LogP contribution in [0, 0.1) is 5.41 Å². The number of amides is 1. The van der Waals surface area contributed by atoms with Crippen LogP contribution in [0.25, 0.3) is 0 Å². The number of halogens is 1. The van der Waals surface area contributed by atoms with Crippen molar-refractivity contribution in [2.45, 2.75) is 38.7 Å². The van der Waals surface area contributed by atoms with Crippen LogP contribution in [-0.2, 0) is 9.53 Å². The molecule has 0 aromatic rings. The van der Waals surface area contributed by atoms with Crippen LogP contribution in [-0.4, -0.2) is 49.7 Å². The fraction of sp³-hybridized carbons (Fsp3) is 0.800. The maximum Gasteiger partial charge on any atom is 0.251 e. The summed E-state index contributed by atoms with van der Waals surface area (Å²) >= 11 is 0. The monoisotopic (exact) mass is 302 g/mol. The van der Waals surface area contributed by atoms with E-state index in [-0.39, 0.29) is 24.4 Å². The zero-order valence-electron chi connectivity index (χ0n) is 12.4. The first-order valence-corrected chi connectivity index (χ1v) is 7.39. The predicted molar refractivity (Wildman–Crippen MR) is 83.2 cm³/mol. The van der Waals surface area contributed by atoms with Crippen LogP contribution in [0.3, 0.4) is 0 Å². The molecular weight excluding hydrogens is 276 g/mol. The first-order chi connectivity index (χ1) is 9.17. The lowest BCUT2D eigenvalue weighted by atomic mass is 9.78. The van der Waals surface area contributed by atoms with Gasteiger partial charge in [0, 0.05) is 19.6 Å². The molecule has 2 fully saturated rings. The minimum absolute atomic E-state index is 0. The SMILES string of the molecule is C=CCCOC(C)C(=O)N1CCC2(CCNC2)CC1.Cl. The molecule has 2 saturated heterocycles. The Morgan fingerprint density at radius 3 is 2.70 bits per heavy atom. The van der Waals surface area contributed by atoms with Gasteiger partial charge in [0.2, 0.25) is 0 Å². The quantitative estimate of drug-likeness (QED) is 0.624. The molecule has 0 aliphatic carbocycles. The average Bonchev–Trinajstić information content (AvgIpc) is 2.87. The lowest BCUT2D eigenvalue weighted by molar-refractivity contribution is -0.144. The van der Waals surface area contributed by atoms with Crippen molar-refractivity contribution in [1.29, 1.82) is 0 Å². The van der Waals surface area contributed by atoms with E-state index in [1.807, 2.05) is 17.9 Å². The van der Waals surface area contributed by atoms with Gasteiger partial charge in [0.15, 0.2) is 0 Å². The Morgan fingerprint density at radius 1 is 1.45 bits per heavy atom. The smallest absolute Gasteiger partial charge is 0.251 e. The normalized spacial score (nSPS) is 22.4. The van der Waals surface area contributed by atoms with Gasteiger partial charge in [-0.25, -0.2) is 0 Å². The van der Waals surface area contributed by atoms with Crippen molar-refractivity contribution < 1.29 is 9.53 Å². The molecule has 0 aromatic heterocycles. The third kappa shape index (κ3) is 4.21. The van der Waals surface area contributed by atoms with Gasteiger partial charge in [-0.2, -0.15) is 0 Å². The van der Waals surface area contributed by atoms with Crippen LogP contribution in [0.1, 0.15) is 32.6 Å². The van der Waals surface area contributed by atoms with Crippen molar-refractivity contribution in [2.75, 3.05) is 32.8 Å². The largest absolute Gasteiger partial charge is 0.368 e. The molecule has 1 unspecified atom stereocenters. The van der Waals surface area contributed by atoms with Gasteiger partial charge in [0.05, 0.1) is 6.61 Å². The minimum Gasteiger partial charge on any atom is -0.368 e. The molecule has 1 atom stereocenters. The van der Waals surface area contributed by atoms with Gasteiger partial charge in [-0.1, -0.05) is 6.08 Å². The highest BCUT2D eigenvalue weighted by molar-refractivity contribution is 5.85. The molecule has 2 heterocycles. The minimum atomic E-state index is -0.323. The lowest BCUT2D eigenvalue weighted by Gasteiger charge is -2.39. The molecule has 116 valence electrons. The third-order valence-electron chi connectivity index (χ3n) is 4.51. The van der Waals surface area contributed by atoms with E-state index in [0.29, 0.717) is 12.0 Å². The standard InChI is InChI=1S/C15H26N2O2.ClH/c1-3-4-11-19-13(2)14(18)17-9-6-15(7-10-17)5-8-16-12-15;/h3,13,16H,1,4-12H2,2H3;1H. The zero-order chi connectivity index (χ0) is 13.7. The van der Waals surface area contributed by atoms with E-state index in [9.17, 15) is 4.79 Å². The molecule has 1 amide bonds. The number of ether oxygens (including phenoxy) is 1. The highest BCUT2D eigenvalue weighted by Gasteiger charge is 2.38. The zero-order valence-corrected chi connectivity index (χ0v) is 13.2. The molecule has 0 aromatic carbocycles. The van der Waals surface area contributed by atoms with E-state index in [0.717, 1.165) is 45.4 Å². The number of likely N-dealkylation sites (tertiary alicyclic amines) is 1. The summed E-state index contributed by atoms with van der Waals surface area (Å²) in [5.41, 5.74) is 0.462. The summed E-state index contributed by atoms with van der Waals surface area (Å²) in [6, 6.07) is 0. The Balaban J connectivity index is 0.00000200. The fourth-order valence-electron chi connectivity index (χ4n) is 3.08. The highest BCUT2D eigenvalue weighted by Crippen LogP contribution is 2.37. The number of rotatable bonds is 5. The summed E-state index contributed by atoms with van der Waals surface area (Å²) in [4.78, 5) is 14.2. The fourth-order valence-corrected chi connectivity index (χ4v) is 3.08. The molecule has 1 spiro atoms. The van der Waals surface area contributed by atoms with Gasteiger partial charge in [-0.05, 0) is 44.6 Å². The maximum atomic E-state index is 12.3. The van der Waals surface area contributed by atoms with Crippen LogP contribution < -0.4 is 5.32 Å². The number of hydrogen-bond donors (Lipinski definition) is 1. The topological polar surface area (TPSA) is 41.6 Å². The number of hydrogen-bond acceptors (Lipinski definition) is 3. The van der Waals surface area contributed by atoms with Gasteiger partial charge in [-0.15, -0.1) is 19.0 Å². The molecular formula is C15H27ClN2O2. The Labute approximate surface area is 128 Å². The van der Waals surface area contributed by atoms with Gasteiger partial charge >= 0.3 is 0 Å². The van der Waals surface area contributed by atoms with E-state index in [1.54, 1.807) is 0 Å². The second-order valence-electron chi connectivity index (χ2n) is 5.84. The summed E-state index contributed by atoms with van der Waals surface area (Å²) in [6.07, 6.45) is 5.81. The van der Waals surface area contributed by atoms with E-state index in [4.69, 9.17) is 4.74 Å². The second-order valence-corrected chi connectivity index (χ2v) is 5.84. The van der Waals surface area contributed by atoms with Crippen LogP contribution in [0.2, 0.25) is 0 Å². The van der Waals surface area contributed by atoms with E-state index in [2.05, 4.69) is 11.9 Å². The van der Waals surface area contributed by atoms with E-state index in [1.165, 1.54) is 6.42 Å². The number of piperidine rings is 1. The van der Waals surface area contributed by atoms with E-state index < -0.39 is 0 Å². The molecule has 0 bridgehead atoms. The maximum absolute atomic E-state index is 12.3. The number of nitrogens with one attached hydrogen (secondary N) is 1. The van der Waals surface area contributed by atoms with Gasteiger partial charge in [-0.3, -0.25) is 4.79 Å². The summed E-state index contributed by atoms with van der Waals surface area (Å²) in [5, 5.41) is 3.45. The van der Waals surface area contributed by atoms with Crippen molar-refractivity contribution in [3.63, 3.8) is 0 Å². The molecule has 2 rings (SSSR count). The Bertz CT molecular complexity index is 320. The van der Waals surface area contributed by atoms with Gasteiger partial charge in [0.25, 0.3) is 5.91 Å². The summed E-state index contributed by atoms with van der Waals surface area (Å²) < 4.78 is 5.54. The van der Waals surface area contributed by atoms with Crippen LogP contribution in [0.15, 0.2) is 12.7 Å². The molecule has 4 nitrogen and oxygen atoms in total. The van der Waals surface area contributed by atoms with Crippen molar-refractivity contribution >= 4 is 18.3 Å². The summed E-state index contributed by atoms with van der Waals surface area (Å²) in [6.45, 7) is 10.1. The first kappa shape index (κ1) is 17.5. The lowest BCUT2D eigenvalue weighted by Crippen LogP contribution is -2.47. The molecule has 20 heavy (non-hydrogen) atoms. The second kappa shape index (κ2) is 8.01. The third-order valence-corrected chi connectivity index (χ3v) is 4.51. The van der Waals surface area contributed by atoms with Gasteiger partial charge in [0.1, 0.15) is 6.10 Å². The molecule has 0 radical (unpaired) electrons. The first-order valence-electron chi connectivity index (χ1n) is 7.39. The van der Waals surface area contributed by atoms with Crippen LogP contribution in [0.4, 0.5) is 0 Å². The summed E-state index contributed by atoms with van der Waals surface area (Å²) in [7, 11) is 0. The predicted octanol–water partition coefficient (Wildman–Crippen LogP) is 1.99. The van der Waals surface area contributed by atoms with Crippen molar-refractivity contribution in [2.24, 2.45) is 5.41 Å². The van der Waals surface area contributed by atoms with E-state index >= 15 is 0 Å². The molecule has 2 aliphatic heterocycles. The number of carbonyl (C=O) groups excluding carboxylic acids is 1. The van der Waals surface area contributed by atoms with Crippen molar-refractivity contribution in [3.8, 4) is 0 Å². The van der Waals surface area contributed by atoms with Crippen molar-refractivity contribution in [3.05, 3.63) is 12.7 Å². The number of nitrogens with zero attached hydrogens (tertiary/aromatic N) is 1. The molecule has 0 saturated carbocycles. The molecule has 1 N–H and O–H groups in total. The van der Waals surface area contributed by atoms with Crippen molar-refractivity contribution in [1.82, 2.24) is 10.2 Å². The molecule has 2 aliphatic rings. The highest BCUT2D eigenvalue weighted by atomic mass is 35.5. The Hall–Kier alpha value is -0.580. The average molecular weight is 303 g/mol. The summed E-state index contributed by atoms with van der Waals surface area (Å²) in [5.74, 6) is 0.143.